The van der Waals surface area contributed by atoms with E-state index in [0.717, 1.165) is 19.6 Å². The number of carboxylic acid groups (broad SMARTS) is 1. The molecule has 0 aromatic carbocycles. The molecular weight excluding hydrogens is 180 g/mol. The van der Waals surface area contributed by atoms with Crippen molar-refractivity contribution in [1.82, 2.24) is 10.2 Å². The number of piperidine rings is 1. The highest BCUT2D eigenvalue weighted by atomic mass is 16.4. The fraction of sp³-hybridized carbons (Fsp3) is 0.900. The van der Waals surface area contributed by atoms with Crippen molar-refractivity contribution in [1.29, 1.82) is 0 Å². The number of nitrogens with one attached hydrogen (secondary N) is 1. The van der Waals surface area contributed by atoms with E-state index in [2.05, 4.69) is 5.32 Å². The van der Waals surface area contributed by atoms with Gasteiger partial charge in [0.25, 0.3) is 0 Å². The zero-order valence-electron chi connectivity index (χ0n) is 8.99. The Labute approximate surface area is 85.3 Å². The fourth-order valence-corrected chi connectivity index (χ4v) is 1.83. The van der Waals surface area contributed by atoms with Gasteiger partial charge in [0.1, 0.15) is 6.04 Å². The molecule has 4 nitrogen and oxygen atoms in total. The van der Waals surface area contributed by atoms with Gasteiger partial charge in [0.15, 0.2) is 0 Å². The van der Waals surface area contributed by atoms with Crippen molar-refractivity contribution in [3.05, 3.63) is 0 Å². The van der Waals surface area contributed by atoms with Crippen molar-refractivity contribution in [3.8, 4) is 0 Å². The third-order valence-corrected chi connectivity index (χ3v) is 2.96. The number of nitrogens with zero attached hydrogens (tertiary/aromatic N) is 1. The van der Waals surface area contributed by atoms with Gasteiger partial charge in [-0.1, -0.05) is 0 Å². The van der Waals surface area contributed by atoms with Gasteiger partial charge in [0.2, 0.25) is 0 Å². The van der Waals surface area contributed by atoms with E-state index in [9.17, 15) is 4.79 Å². The van der Waals surface area contributed by atoms with E-state index in [1.165, 1.54) is 12.8 Å². The molecular formula is C10H20N2O2. The van der Waals surface area contributed by atoms with Crippen LogP contribution in [-0.2, 0) is 4.79 Å². The summed E-state index contributed by atoms with van der Waals surface area (Å²) in [6, 6.07) is -0.378. The maximum absolute atomic E-state index is 10.7. The normalized spacial score (nSPS) is 24.9. The van der Waals surface area contributed by atoms with Crippen molar-refractivity contribution in [2.75, 3.05) is 26.7 Å². The minimum absolute atomic E-state index is 0.378. The summed E-state index contributed by atoms with van der Waals surface area (Å²) in [7, 11) is 1.88. The predicted molar refractivity (Wildman–Crippen MR) is 55.3 cm³/mol. The molecule has 1 aliphatic rings. The van der Waals surface area contributed by atoms with Crippen LogP contribution in [0.5, 0.6) is 0 Å². The van der Waals surface area contributed by atoms with Crippen LogP contribution in [0.2, 0.25) is 0 Å². The van der Waals surface area contributed by atoms with Crippen LogP contribution >= 0.6 is 0 Å². The Kier molecular flexibility index (Phi) is 4.35. The molecule has 0 amide bonds. The smallest absolute Gasteiger partial charge is 0.320 e. The quantitative estimate of drug-likeness (QED) is 0.689. The first-order chi connectivity index (χ1) is 6.61. The first-order valence-corrected chi connectivity index (χ1v) is 5.25. The Morgan fingerprint density at radius 1 is 1.71 bits per heavy atom. The summed E-state index contributed by atoms with van der Waals surface area (Å²) in [5.74, 6) is -0.133. The minimum atomic E-state index is -0.740. The SMILES string of the molecule is CC(C(=O)O)N(C)CC1CCCNC1. The molecule has 0 aliphatic carbocycles. The van der Waals surface area contributed by atoms with Crippen LogP contribution in [0.4, 0.5) is 0 Å². The molecule has 2 atom stereocenters. The first kappa shape index (κ1) is 11.5. The van der Waals surface area contributed by atoms with Gasteiger partial charge in [-0.25, -0.2) is 0 Å². The van der Waals surface area contributed by atoms with Crippen LogP contribution in [-0.4, -0.2) is 48.7 Å². The zero-order valence-corrected chi connectivity index (χ0v) is 8.99. The zero-order chi connectivity index (χ0) is 10.6. The highest BCUT2D eigenvalue weighted by Crippen LogP contribution is 2.12. The van der Waals surface area contributed by atoms with Crippen molar-refractivity contribution in [2.24, 2.45) is 5.92 Å². The third kappa shape index (κ3) is 3.27. The summed E-state index contributed by atoms with van der Waals surface area (Å²) in [5, 5.41) is 12.2. The maximum atomic E-state index is 10.7. The molecule has 1 rings (SSSR count). The summed E-state index contributed by atoms with van der Waals surface area (Å²) in [6.45, 7) is 4.74. The standard InChI is InChI=1S/C10H20N2O2/c1-8(10(13)14)12(2)7-9-4-3-5-11-6-9/h8-9,11H,3-7H2,1-2H3,(H,13,14). The molecule has 0 spiro atoms. The monoisotopic (exact) mass is 200 g/mol. The number of likely N-dealkylation sites (N-methyl/N-ethyl adjacent to an activating group) is 1. The third-order valence-electron chi connectivity index (χ3n) is 2.96. The van der Waals surface area contributed by atoms with Crippen LogP contribution in [0.1, 0.15) is 19.8 Å². The van der Waals surface area contributed by atoms with E-state index in [-0.39, 0.29) is 6.04 Å². The van der Waals surface area contributed by atoms with Gasteiger partial charge in [-0.05, 0) is 45.8 Å². The predicted octanol–water partition coefficient (Wildman–Crippen LogP) is 0.391. The first-order valence-electron chi connectivity index (χ1n) is 5.25. The largest absolute Gasteiger partial charge is 0.480 e. The fourth-order valence-electron chi connectivity index (χ4n) is 1.83. The van der Waals surface area contributed by atoms with Gasteiger partial charge < -0.3 is 10.4 Å². The van der Waals surface area contributed by atoms with E-state index >= 15 is 0 Å². The second-order valence-corrected chi connectivity index (χ2v) is 4.17. The second-order valence-electron chi connectivity index (χ2n) is 4.17. The van der Waals surface area contributed by atoms with E-state index in [4.69, 9.17) is 5.11 Å². The number of carbonyl (C=O) groups is 1. The van der Waals surface area contributed by atoms with Crippen molar-refractivity contribution >= 4 is 5.97 Å². The Bertz CT molecular complexity index is 191. The lowest BCUT2D eigenvalue weighted by molar-refractivity contribution is -0.142. The number of hydrogen-bond donors (Lipinski definition) is 2. The minimum Gasteiger partial charge on any atom is -0.480 e. The Balaban J connectivity index is 2.31. The summed E-state index contributed by atoms with van der Waals surface area (Å²) < 4.78 is 0. The van der Waals surface area contributed by atoms with Crippen LogP contribution in [0.3, 0.4) is 0 Å². The molecule has 1 fully saturated rings. The van der Waals surface area contributed by atoms with Crippen molar-refractivity contribution in [3.63, 3.8) is 0 Å². The molecule has 0 aromatic heterocycles. The maximum Gasteiger partial charge on any atom is 0.320 e. The molecule has 2 unspecified atom stereocenters. The molecule has 1 aliphatic heterocycles. The van der Waals surface area contributed by atoms with Crippen LogP contribution in [0.15, 0.2) is 0 Å². The van der Waals surface area contributed by atoms with Crippen molar-refractivity contribution < 1.29 is 9.90 Å². The molecule has 0 saturated carbocycles. The Hall–Kier alpha value is -0.610. The van der Waals surface area contributed by atoms with Gasteiger partial charge in [0, 0.05) is 6.54 Å². The van der Waals surface area contributed by atoms with E-state index < -0.39 is 5.97 Å². The molecule has 14 heavy (non-hydrogen) atoms. The van der Waals surface area contributed by atoms with Gasteiger partial charge >= 0.3 is 5.97 Å². The van der Waals surface area contributed by atoms with Gasteiger partial charge in [-0.15, -0.1) is 0 Å². The lowest BCUT2D eigenvalue weighted by Crippen LogP contribution is -2.42. The molecule has 0 bridgehead atoms. The van der Waals surface area contributed by atoms with Crippen LogP contribution in [0.25, 0.3) is 0 Å². The molecule has 0 aromatic rings. The average Bonchev–Trinajstić information content (AvgIpc) is 2.18. The van der Waals surface area contributed by atoms with Crippen molar-refractivity contribution in [2.45, 2.75) is 25.8 Å². The molecule has 1 saturated heterocycles. The lowest BCUT2D eigenvalue weighted by Gasteiger charge is -2.29. The molecule has 4 heteroatoms. The highest BCUT2D eigenvalue weighted by molar-refractivity contribution is 5.72. The lowest BCUT2D eigenvalue weighted by atomic mass is 9.99. The summed E-state index contributed by atoms with van der Waals surface area (Å²) in [5.41, 5.74) is 0. The summed E-state index contributed by atoms with van der Waals surface area (Å²) in [6.07, 6.45) is 2.42. The second kappa shape index (κ2) is 5.32. The highest BCUT2D eigenvalue weighted by Gasteiger charge is 2.21. The Morgan fingerprint density at radius 2 is 2.43 bits per heavy atom. The van der Waals surface area contributed by atoms with Gasteiger partial charge in [0.05, 0.1) is 0 Å². The number of rotatable bonds is 4. The van der Waals surface area contributed by atoms with E-state index in [1.54, 1.807) is 6.92 Å². The number of carboxylic acids is 1. The molecule has 82 valence electrons. The molecule has 2 N–H and O–H groups in total. The topological polar surface area (TPSA) is 52.6 Å². The van der Waals surface area contributed by atoms with E-state index in [1.807, 2.05) is 11.9 Å². The average molecular weight is 200 g/mol. The Morgan fingerprint density at radius 3 is 2.93 bits per heavy atom. The molecule has 0 radical (unpaired) electrons. The van der Waals surface area contributed by atoms with Crippen LogP contribution < -0.4 is 5.32 Å². The van der Waals surface area contributed by atoms with Gasteiger partial charge in [-0.2, -0.15) is 0 Å². The van der Waals surface area contributed by atoms with E-state index in [0.29, 0.717) is 5.92 Å². The summed E-state index contributed by atoms with van der Waals surface area (Å²) >= 11 is 0. The number of aliphatic carboxylic acids is 1. The van der Waals surface area contributed by atoms with Gasteiger partial charge in [-0.3, -0.25) is 9.69 Å². The number of hydrogen-bond acceptors (Lipinski definition) is 3. The summed E-state index contributed by atoms with van der Waals surface area (Å²) in [4.78, 5) is 12.6. The van der Waals surface area contributed by atoms with Crippen LogP contribution in [0, 0.1) is 5.92 Å². The molecule has 1 heterocycles.